The summed E-state index contributed by atoms with van der Waals surface area (Å²) in [5.41, 5.74) is 0.766. The van der Waals surface area contributed by atoms with Crippen molar-refractivity contribution in [3.63, 3.8) is 0 Å². The molecule has 4 heteroatoms. The third kappa shape index (κ3) is 1.58. The number of carboxylic acids is 1. The maximum absolute atomic E-state index is 11.0. The van der Waals surface area contributed by atoms with Crippen molar-refractivity contribution >= 4 is 22.4 Å². The van der Waals surface area contributed by atoms with Crippen molar-refractivity contribution in [2.75, 3.05) is 11.9 Å². The number of fused-ring (bicyclic) bond motifs is 3. The molecule has 0 aromatic heterocycles. The molecular formula is C13H11NO3. The molecule has 3 rings (SSSR count). The number of carbonyl (C=O) groups is 1. The molecular weight excluding hydrogens is 218 g/mol. The molecule has 4 nitrogen and oxygen atoms in total. The molecule has 0 saturated heterocycles. The van der Waals surface area contributed by atoms with Gasteiger partial charge >= 0.3 is 5.97 Å². The fourth-order valence-corrected chi connectivity index (χ4v) is 2.04. The second-order valence-corrected chi connectivity index (χ2v) is 4.01. The van der Waals surface area contributed by atoms with E-state index < -0.39 is 12.0 Å². The van der Waals surface area contributed by atoms with Gasteiger partial charge in [-0.2, -0.15) is 0 Å². The van der Waals surface area contributed by atoms with Crippen molar-refractivity contribution in [1.82, 2.24) is 0 Å². The van der Waals surface area contributed by atoms with E-state index in [4.69, 9.17) is 9.84 Å². The number of rotatable bonds is 1. The van der Waals surface area contributed by atoms with E-state index in [-0.39, 0.29) is 6.61 Å². The number of benzene rings is 2. The van der Waals surface area contributed by atoms with E-state index in [2.05, 4.69) is 5.32 Å². The lowest BCUT2D eigenvalue weighted by Gasteiger charge is -2.25. The lowest BCUT2D eigenvalue weighted by molar-refractivity contribution is -0.138. The highest BCUT2D eigenvalue weighted by atomic mass is 16.5. The average molecular weight is 229 g/mol. The van der Waals surface area contributed by atoms with E-state index in [0.29, 0.717) is 5.75 Å². The third-order valence-electron chi connectivity index (χ3n) is 2.91. The lowest BCUT2D eigenvalue weighted by Crippen LogP contribution is -2.38. The first-order valence-electron chi connectivity index (χ1n) is 5.39. The Morgan fingerprint density at radius 1 is 1.29 bits per heavy atom. The zero-order valence-electron chi connectivity index (χ0n) is 9.01. The molecule has 86 valence electrons. The van der Waals surface area contributed by atoms with E-state index >= 15 is 0 Å². The van der Waals surface area contributed by atoms with Gasteiger partial charge in [0, 0.05) is 5.39 Å². The zero-order chi connectivity index (χ0) is 11.8. The molecule has 0 bridgehead atoms. The number of hydrogen-bond acceptors (Lipinski definition) is 3. The predicted octanol–water partition coefficient (Wildman–Crippen LogP) is 2.10. The SMILES string of the molecule is O=C(O)C1COc2ccc3ccccc3c2N1. The molecule has 1 aliphatic heterocycles. The van der Waals surface area contributed by atoms with Crippen molar-refractivity contribution in [2.24, 2.45) is 0 Å². The zero-order valence-corrected chi connectivity index (χ0v) is 9.01. The Labute approximate surface area is 97.8 Å². The van der Waals surface area contributed by atoms with E-state index in [0.717, 1.165) is 16.5 Å². The van der Waals surface area contributed by atoms with Crippen LogP contribution in [0, 0.1) is 0 Å². The minimum atomic E-state index is -0.899. The van der Waals surface area contributed by atoms with Crippen molar-refractivity contribution in [2.45, 2.75) is 6.04 Å². The van der Waals surface area contributed by atoms with Gasteiger partial charge in [0.15, 0.2) is 6.04 Å². The van der Waals surface area contributed by atoms with Crippen molar-refractivity contribution in [1.29, 1.82) is 0 Å². The molecule has 0 amide bonds. The maximum Gasteiger partial charge on any atom is 0.329 e. The smallest absolute Gasteiger partial charge is 0.329 e. The molecule has 0 aliphatic carbocycles. The standard InChI is InChI=1S/C13H11NO3/c15-13(16)10-7-17-11-6-5-8-3-1-2-4-9(8)12(11)14-10/h1-6,10,14H,7H2,(H,15,16). The summed E-state index contributed by atoms with van der Waals surface area (Å²) >= 11 is 0. The Morgan fingerprint density at radius 3 is 2.94 bits per heavy atom. The van der Waals surface area contributed by atoms with Crippen LogP contribution in [0.3, 0.4) is 0 Å². The van der Waals surface area contributed by atoms with Gasteiger partial charge in [-0.25, -0.2) is 4.79 Å². The van der Waals surface area contributed by atoms with Crippen LogP contribution in [-0.2, 0) is 4.79 Å². The fourth-order valence-electron chi connectivity index (χ4n) is 2.04. The highest BCUT2D eigenvalue weighted by Crippen LogP contribution is 2.36. The molecule has 2 N–H and O–H groups in total. The van der Waals surface area contributed by atoms with Crippen LogP contribution in [0.4, 0.5) is 5.69 Å². The molecule has 1 unspecified atom stereocenters. The molecule has 0 fully saturated rings. The van der Waals surface area contributed by atoms with Crippen LogP contribution in [0.15, 0.2) is 36.4 Å². The number of aliphatic carboxylic acids is 1. The summed E-state index contributed by atoms with van der Waals surface area (Å²) in [4.78, 5) is 11.0. The minimum Gasteiger partial charge on any atom is -0.489 e. The quantitative estimate of drug-likeness (QED) is 0.786. The van der Waals surface area contributed by atoms with Crippen LogP contribution in [0.5, 0.6) is 5.75 Å². The largest absolute Gasteiger partial charge is 0.489 e. The molecule has 1 atom stereocenters. The second kappa shape index (κ2) is 3.66. The number of hydrogen-bond donors (Lipinski definition) is 2. The topological polar surface area (TPSA) is 58.6 Å². The number of anilines is 1. The minimum absolute atomic E-state index is 0.153. The maximum atomic E-state index is 11.0. The van der Waals surface area contributed by atoms with Gasteiger partial charge in [0.2, 0.25) is 0 Å². The summed E-state index contributed by atoms with van der Waals surface area (Å²) in [5, 5.41) is 14.1. The van der Waals surface area contributed by atoms with Gasteiger partial charge in [-0.3, -0.25) is 0 Å². The van der Waals surface area contributed by atoms with Gasteiger partial charge in [-0.1, -0.05) is 30.3 Å². The molecule has 2 aromatic rings. The number of carboxylic acid groups (broad SMARTS) is 1. The van der Waals surface area contributed by atoms with Crippen molar-refractivity contribution in [3.05, 3.63) is 36.4 Å². The Kier molecular flexibility index (Phi) is 2.14. The van der Waals surface area contributed by atoms with E-state index in [1.54, 1.807) is 0 Å². The van der Waals surface area contributed by atoms with Crippen LogP contribution < -0.4 is 10.1 Å². The summed E-state index contributed by atoms with van der Waals surface area (Å²) in [7, 11) is 0. The van der Waals surface area contributed by atoms with Gasteiger partial charge < -0.3 is 15.2 Å². The lowest BCUT2D eigenvalue weighted by atomic mass is 10.1. The first-order valence-corrected chi connectivity index (χ1v) is 5.39. The summed E-state index contributed by atoms with van der Waals surface area (Å²) in [5.74, 6) is -0.190. The summed E-state index contributed by atoms with van der Waals surface area (Å²) in [6.45, 7) is 0.153. The highest BCUT2D eigenvalue weighted by Gasteiger charge is 2.25. The van der Waals surface area contributed by atoms with Crippen LogP contribution in [0.25, 0.3) is 10.8 Å². The van der Waals surface area contributed by atoms with Crippen molar-refractivity contribution < 1.29 is 14.6 Å². The molecule has 17 heavy (non-hydrogen) atoms. The molecule has 1 heterocycles. The molecule has 0 radical (unpaired) electrons. The van der Waals surface area contributed by atoms with Gasteiger partial charge in [0.25, 0.3) is 0 Å². The van der Waals surface area contributed by atoms with Gasteiger partial charge in [0.05, 0.1) is 5.69 Å². The highest BCUT2D eigenvalue weighted by molar-refractivity contribution is 5.98. The van der Waals surface area contributed by atoms with Crippen LogP contribution >= 0.6 is 0 Å². The van der Waals surface area contributed by atoms with E-state index in [1.807, 2.05) is 36.4 Å². The predicted molar refractivity (Wildman–Crippen MR) is 64.5 cm³/mol. The number of nitrogens with one attached hydrogen (secondary N) is 1. The Bertz CT molecular complexity index is 594. The molecule has 1 aliphatic rings. The Morgan fingerprint density at radius 2 is 2.12 bits per heavy atom. The number of ether oxygens (including phenoxy) is 1. The molecule has 2 aromatic carbocycles. The summed E-state index contributed by atoms with van der Waals surface area (Å²) < 4.78 is 5.46. The van der Waals surface area contributed by atoms with Gasteiger partial charge in [-0.15, -0.1) is 0 Å². The van der Waals surface area contributed by atoms with Gasteiger partial charge in [-0.05, 0) is 11.5 Å². The fraction of sp³-hybridized carbons (Fsp3) is 0.154. The first-order chi connectivity index (χ1) is 8.25. The average Bonchev–Trinajstić information content (AvgIpc) is 2.38. The first kappa shape index (κ1) is 9.96. The summed E-state index contributed by atoms with van der Waals surface area (Å²) in [6, 6.07) is 11.0. The Balaban J connectivity index is 2.15. The molecule has 0 spiro atoms. The van der Waals surface area contributed by atoms with E-state index in [9.17, 15) is 4.79 Å². The Hall–Kier alpha value is -2.23. The van der Waals surface area contributed by atoms with Crippen molar-refractivity contribution in [3.8, 4) is 5.75 Å². The van der Waals surface area contributed by atoms with Crippen LogP contribution in [0.2, 0.25) is 0 Å². The second-order valence-electron chi connectivity index (χ2n) is 4.01. The third-order valence-corrected chi connectivity index (χ3v) is 2.91. The van der Waals surface area contributed by atoms with Crippen LogP contribution in [0.1, 0.15) is 0 Å². The normalized spacial score (nSPS) is 18.0. The summed E-state index contributed by atoms with van der Waals surface area (Å²) in [6.07, 6.45) is 0. The van der Waals surface area contributed by atoms with Crippen LogP contribution in [-0.4, -0.2) is 23.7 Å². The van der Waals surface area contributed by atoms with E-state index in [1.165, 1.54) is 0 Å². The monoisotopic (exact) mass is 229 g/mol. The molecule has 0 saturated carbocycles. The van der Waals surface area contributed by atoms with Gasteiger partial charge in [0.1, 0.15) is 12.4 Å².